The lowest BCUT2D eigenvalue weighted by molar-refractivity contribution is -0.117. The molecule has 0 aromatic rings. The summed E-state index contributed by atoms with van der Waals surface area (Å²) in [5.74, 6) is 0.454. The predicted molar refractivity (Wildman–Crippen MR) is 53.8 cm³/mol. The van der Waals surface area contributed by atoms with E-state index in [4.69, 9.17) is 0 Å². The molecule has 0 aliphatic heterocycles. The van der Waals surface area contributed by atoms with E-state index in [2.05, 4.69) is 17.2 Å². The molecule has 12 heavy (non-hydrogen) atoms. The van der Waals surface area contributed by atoms with Gasteiger partial charge in [0.15, 0.2) is 0 Å². The molecule has 76 valence electrons. The van der Waals surface area contributed by atoms with Crippen LogP contribution in [0.15, 0.2) is 0 Å². The maximum absolute atomic E-state index is 10.2. The van der Waals surface area contributed by atoms with Crippen molar-refractivity contribution in [2.24, 2.45) is 17.2 Å². The molecule has 0 saturated heterocycles. The highest BCUT2D eigenvalue weighted by molar-refractivity contribution is 5.79. The van der Waals surface area contributed by atoms with Crippen molar-refractivity contribution in [2.75, 3.05) is 21.1 Å². The van der Waals surface area contributed by atoms with E-state index in [1.807, 2.05) is 0 Å². The first kappa shape index (κ1) is 17.6. The zero-order valence-electron chi connectivity index (χ0n) is 8.47. The van der Waals surface area contributed by atoms with E-state index < -0.39 is 0 Å². The second kappa shape index (κ2) is 22.4. The topological polar surface area (TPSA) is 95.1 Å². The van der Waals surface area contributed by atoms with Crippen LogP contribution in [0.1, 0.15) is 25.7 Å². The highest BCUT2D eigenvalue weighted by Gasteiger charge is 2.07. The van der Waals surface area contributed by atoms with Gasteiger partial charge in [-0.1, -0.05) is 0 Å². The van der Waals surface area contributed by atoms with Gasteiger partial charge in [-0.3, -0.25) is 4.79 Å². The molecule has 0 aromatic heterocycles. The van der Waals surface area contributed by atoms with Gasteiger partial charge in [0, 0.05) is 12.8 Å². The summed E-state index contributed by atoms with van der Waals surface area (Å²) < 4.78 is 0. The number of carbonyl (C=O) groups is 1. The van der Waals surface area contributed by atoms with Crippen LogP contribution in [0.3, 0.4) is 0 Å². The molecule has 0 atom stereocenters. The van der Waals surface area contributed by atoms with Crippen LogP contribution in [0, 0.1) is 0 Å². The van der Waals surface area contributed by atoms with Gasteiger partial charge in [-0.2, -0.15) is 0 Å². The van der Waals surface area contributed by atoms with Crippen LogP contribution in [0.25, 0.3) is 0 Å². The summed E-state index contributed by atoms with van der Waals surface area (Å²) in [7, 11) is 4.50. The van der Waals surface area contributed by atoms with Gasteiger partial charge in [0.25, 0.3) is 0 Å². The highest BCUT2D eigenvalue weighted by Crippen LogP contribution is 2.11. The number of nitrogens with two attached hydrogens (primary N) is 3. The molecule has 6 N–H and O–H groups in total. The van der Waals surface area contributed by atoms with Crippen LogP contribution in [0.2, 0.25) is 0 Å². The second-order valence-corrected chi connectivity index (χ2v) is 1.75. The summed E-state index contributed by atoms with van der Waals surface area (Å²) in [5, 5.41) is 0. The number of ketones is 1. The Balaban J connectivity index is -0.000000117. The third-order valence-electron chi connectivity index (χ3n) is 1.16. The minimum Gasteiger partial charge on any atom is -0.333 e. The fourth-order valence-corrected chi connectivity index (χ4v) is 0.769. The predicted octanol–water partition coefficient (Wildman–Crippen LogP) is -0.146. The molecule has 1 aliphatic rings. The standard InChI is InChI=1S/C5H8O.3CH5N/c6-5-3-1-2-4-5;3*1-2/h1-4H2;3*2H2,1H3. The van der Waals surface area contributed by atoms with Gasteiger partial charge in [0.1, 0.15) is 5.78 Å². The Kier molecular flexibility index (Phi) is 32.9. The highest BCUT2D eigenvalue weighted by atomic mass is 16.1. The molecular weight excluding hydrogens is 154 g/mol. The monoisotopic (exact) mass is 177 g/mol. The van der Waals surface area contributed by atoms with E-state index >= 15 is 0 Å². The van der Waals surface area contributed by atoms with E-state index in [0.29, 0.717) is 5.78 Å². The molecule has 0 heterocycles. The summed E-state index contributed by atoms with van der Waals surface area (Å²) in [6.45, 7) is 0. The molecule has 1 rings (SSSR count). The zero-order chi connectivity index (χ0) is 10.4. The van der Waals surface area contributed by atoms with Gasteiger partial charge < -0.3 is 17.2 Å². The largest absolute Gasteiger partial charge is 0.333 e. The first-order valence-electron chi connectivity index (χ1n) is 4.14. The van der Waals surface area contributed by atoms with Crippen molar-refractivity contribution in [3.8, 4) is 0 Å². The van der Waals surface area contributed by atoms with Crippen LogP contribution in [0.5, 0.6) is 0 Å². The Morgan fingerprint density at radius 1 is 0.833 bits per heavy atom. The van der Waals surface area contributed by atoms with E-state index in [-0.39, 0.29) is 0 Å². The Morgan fingerprint density at radius 3 is 1.17 bits per heavy atom. The third kappa shape index (κ3) is 16.3. The van der Waals surface area contributed by atoms with Crippen molar-refractivity contribution < 1.29 is 4.79 Å². The Bertz CT molecular complexity index is 68.7. The lowest BCUT2D eigenvalue weighted by Crippen LogP contribution is -1.81. The SMILES string of the molecule is CN.CN.CN.O=C1CCCC1. The van der Waals surface area contributed by atoms with Crippen LogP contribution in [0.4, 0.5) is 0 Å². The lowest BCUT2D eigenvalue weighted by Gasteiger charge is -1.71. The van der Waals surface area contributed by atoms with Gasteiger partial charge in [0.2, 0.25) is 0 Å². The van der Waals surface area contributed by atoms with Crippen molar-refractivity contribution in [2.45, 2.75) is 25.7 Å². The summed E-state index contributed by atoms with van der Waals surface area (Å²) in [5.41, 5.74) is 13.5. The fourth-order valence-electron chi connectivity index (χ4n) is 0.769. The van der Waals surface area contributed by atoms with Crippen LogP contribution >= 0.6 is 0 Å². The molecule has 0 bridgehead atoms. The molecule has 0 amide bonds. The molecule has 0 radical (unpaired) electrons. The average Bonchev–Trinajstić information content (AvgIpc) is 2.66. The summed E-state index contributed by atoms with van der Waals surface area (Å²) in [4.78, 5) is 10.2. The molecule has 1 saturated carbocycles. The smallest absolute Gasteiger partial charge is 0.132 e. The second-order valence-electron chi connectivity index (χ2n) is 1.75. The number of hydrogen-bond acceptors (Lipinski definition) is 4. The van der Waals surface area contributed by atoms with Crippen molar-refractivity contribution in [3.63, 3.8) is 0 Å². The quantitative estimate of drug-likeness (QED) is 0.479. The normalized spacial score (nSPS) is 12.7. The van der Waals surface area contributed by atoms with Gasteiger partial charge in [-0.25, -0.2) is 0 Å². The third-order valence-corrected chi connectivity index (χ3v) is 1.16. The number of Topliss-reactive ketones (excluding diaryl/α,β-unsaturated/α-hetero) is 1. The molecule has 0 unspecified atom stereocenters. The minimum atomic E-state index is 0.454. The molecule has 0 aromatic carbocycles. The van der Waals surface area contributed by atoms with E-state index in [1.165, 1.54) is 21.1 Å². The first-order chi connectivity index (χ1) is 5.89. The van der Waals surface area contributed by atoms with Gasteiger partial charge in [0.05, 0.1) is 0 Å². The Morgan fingerprint density at radius 2 is 1.08 bits per heavy atom. The molecular formula is C8H23N3O. The molecule has 1 fully saturated rings. The fraction of sp³-hybridized carbons (Fsp3) is 0.875. The lowest BCUT2D eigenvalue weighted by atomic mass is 10.4. The Hall–Kier alpha value is -0.450. The molecule has 0 spiro atoms. The average molecular weight is 177 g/mol. The van der Waals surface area contributed by atoms with Crippen molar-refractivity contribution in [1.82, 2.24) is 0 Å². The summed E-state index contributed by atoms with van der Waals surface area (Å²) in [6.07, 6.45) is 3.97. The van der Waals surface area contributed by atoms with E-state index in [9.17, 15) is 4.79 Å². The van der Waals surface area contributed by atoms with Crippen LogP contribution in [-0.2, 0) is 4.79 Å². The van der Waals surface area contributed by atoms with Gasteiger partial charge in [-0.15, -0.1) is 0 Å². The Labute approximate surface area is 75.5 Å². The molecule has 1 aliphatic carbocycles. The maximum Gasteiger partial charge on any atom is 0.132 e. The zero-order valence-corrected chi connectivity index (χ0v) is 8.47. The number of hydrogen-bond donors (Lipinski definition) is 3. The minimum absolute atomic E-state index is 0.454. The number of carbonyl (C=O) groups excluding carboxylic acids is 1. The van der Waals surface area contributed by atoms with Gasteiger partial charge >= 0.3 is 0 Å². The number of rotatable bonds is 0. The van der Waals surface area contributed by atoms with Crippen molar-refractivity contribution in [1.29, 1.82) is 0 Å². The molecule has 4 heteroatoms. The summed E-state index contributed by atoms with van der Waals surface area (Å²) in [6, 6.07) is 0. The van der Waals surface area contributed by atoms with E-state index in [1.54, 1.807) is 0 Å². The van der Waals surface area contributed by atoms with E-state index in [0.717, 1.165) is 25.7 Å². The van der Waals surface area contributed by atoms with Gasteiger partial charge in [-0.05, 0) is 34.0 Å². The van der Waals surface area contributed by atoms with Crippen molar-refractivity contribution >= 4 is 5.78 Å². The van der Waals surface area contributed by atoms with Crippen LogP contribution < -0.4 is 17.2 Å². The van der Waals surface area contributed by atoms with Crippen LogP contribution in [-0.4, -0.2) is 26.9 Å². The summed E-state index contributed by atoms with van der Waals surface area (Å²) >= 11 is 0. The molecule has 4 nitrogen and oxygen atoms in total. The van der Waals surface area contributed by atoms with Crippen molar-refractivity contribution in [3.05, 3.63) is 0 Å². The maximum atomic E-state index is 10.2. The first-order valence-corrected chi connectivity index (χ1v) is 4.14.